The third-order valence-electron chi connectivity index (χ3n) is 4.67. The molecule has 1 aliphatic carbocycles. The van der Waals surface area contributed by atoms with E-state index in [2.05, 4.69) is 4.90 Å². The number of nitrogens with two attached hydrogens (primary N) is 1. The first kappa shape index (κ1) is 14.9. The number of nitrogens with zero attached hydrogens (tertiary/aromatic N) is 1. The topological polar surface area (TPSA) is 29.3 Å². The van der Waals surface area contributed by atoms with Gasteiger partial charge in [0, 0.05) is 12.1 Å². The van der Waals surface area contributed by atoms with Crippen molar-refractivity contribution in [2.24, 2.45) is 11.7 Å². The largest absolute Gasteiger partial charge is 0.416 e. The molecular weight excluding hydrogens is 277 g/mol. The maximum atomic E-state index is 12.9. The Hall–Kier alpha value is -1.07. The Morgan fingerprint density at radius 3 is 2.57 bits per heavy atom. The number of halogens is 3. The minimum Gasteiger partial charge on any atom is -0.330 e. The summed E-state index contributed by atoms with van der Waals surface area (Å²) in [5, 5.41) is 0. The number of benzene rings is 1. The minimum absolute atomic E-state index is 0.0403. The van der Waals surface area contributed by atoms with Gasteiger partial charge in [-0.25, -0.2) is 0 Å². The van der Waals surface area contributed by atoms with E-state index in [9.17, 15) is 13.2 Å². The van der Waals surface area contributed by atoms with Gasteiger partial charge in [0.2, 0.25) is 0 Å². The first-order valence-electron chi connectivity index (χ1n) is 7.63. The van der Waals surface area contributed by atoms with E-state index in [-0.39, 0.29) is 12.0 Å². The van der Waals surface area contributed by atoms with Crippen molar-refractivity contribution >= 4 is 0 Å². The molecule has 116 valence electrons. The first-order chi connectivity index (χ1) is 10.0. The highest BCUT2D eigenvalue weighted by Gasteiger charge is 2.40. The normalized spacial score (nSPS) is 27.8. The fourth-order valence-electron chi connectivity index (χ4n) is 3.53. The van der Waals surface area contributed by atoms with Crippen LogP contribution in [0.3, 0.4) is 0 Å². The van der Waals surface area contributed by atoms with E-state index in [1.807, 2.05) is 6.07 Å². The summed E-state index contributed by atoms with van der Waals surface area (Å²) in [7, 11) is 0. The number of hydrogen-bond donors (Lipinski definition) is 1. The first-order valence-corrected chi connectivity index (χ1v) is 7.63. The van der Waals surface area contributed by atoms with Crippen LogP contribution in [0, 0.1) is 5.92 Å². The van der Waals surface area contributed by atoms with Gasteiger partial charge in [0.15, 0.2) is 0 Å². The van der Waals surface area contributed by atoms with Gasteiger partial charge in [-0.3, -0.25) is 4.90 Å². The predicted octanol–water partition coefficient (Wildman–Crippen LogP) is 3.58. The molecule has 5 heteroatoms. The molecule has 1 saturated heterocycles. The van der Waals surface area contributed by atoms with E-state index in [4.69, 9.17) is 5.73 Å². The monoisotopic (exact) mass is 298 g/mol. The lowest BCUT2D eigenvalue weighted by atomic mass is 9.84. The standard InChI is InChI=1S/C16H21F3N2/c17-16(18,19)13-5-1-3-11(9-13)15-12(10-20)4-2-8-21(15)14-6-7-14/h1,3,5,9,12,14-15H,2,4,6-8,10,20H2. The van der Waals surface area contributed by atoms with Crippen molar-refractivity contribution in [1.29, 1.82) is 0 Å². The highest BCUT2D eigenvalue weighted by atomic mass is 19.4. The van der Waals surface area contributed by atoms with Crippen LogP contribution in [0.2, 0.25) is 0 Å². The average molecular weight is 298 g/mol. The molecule has 1 saturated carbocycles. The summed E-state index contributed by atoms with van der Waals surface area (Å²) in [5.41, 5.74) is 6.10. The molecule has 3 rings (SSSR count). The van der Waals surface area contributed by atoms with Crippen molar-refractivity contribution in [2.45, 2.75) is 43.9 Å². The maximum absolute atomic E-state index is 12.9. The van der Waals surface area contributed by atoms with Crippen LogP contribution >= 0.6 is 0 Å². The highest BCUT2D eigenvalue weighted by molar-refractivity contribution is 5.29. The van der Waals surface area contributed by atoms with E-state index in [1.54, 1.807) is 0 Å². The molecule has 0 radical (unpaired) electrons. The molecule has 2 aliphatic rings. The minimum atomic E-state index is -4.28. The van der Waals surface area contributed by atoms with Crippen molar-refractivity contribution in [1.82, 2.24) is 4.90 Å². The van der Waals surface area contributed by atoms with E-state index in [0.717, 1.165) is 43.9 Å². The van der Waals surface area contributed by atoms with Gasteiger partial charge in [0.25, 0.3) is 0 Å². The molecule has 1 aliphatic heterocycles. The quantitative estimate of drug-likeness (QED) is 0.924. The Labute approximate surface area is 123 Å². The summed E-state index contributed by atoms with van der Waals surface area (Å²) in [5.74, 6) is 0.253. The van der Waals surface area contributed by atoms with Crippen molar-refractivity contribution in [2.75, 3.05) is 13.1 Å². The molecule has 21 heavy (non-hydrogen) atoms. The number of rotatable bonds is 3. The zero-order valence-corrected chi connectivity index (χ0v) is 11.9. The van der Waals surface area contributed by atoms with Gasteiger partial charge in [-0.1, -0.05) is 12.1 Å². The van der Waals surface area contributed by atoms with Crippen molar-refractivity contribution in [3.05, 3.63) is 35.4 Å². The van der Waals surface area contributed by atoms with Crippen molar-refractivity contribution in [3.8, 4) is 0 Å². The van der Waals surface area contributed by atoms with Crippen LogP contribution in [-0.2, 0) is 6.18 Å². The van der Waals surface area contributed by atoms with Gasteiger partial charge in [-0.2, -0.15) is 13.2 Å². The molecule has 0 spiro atoms. The number of likely N-dealkylation sites (tertiary alicyclic amines) is 1. The van der Waals surface area contributed by atoms with Gasteiger partial charge in [-0.05, 0) is 62.4 Å². The lowest BCUT2D eigenvalue weighted by molar-refractivity contribution is -0.137. The van der Waals surface area contributed by atoms with Gasteiger partial charge in [0.1, 0.15) is 0 Å². The Morgan fingerprint density at radius 1 is 1.19 bits per heavy atom. The Balaban J connectivity index is 1.94. The number of hydrogen-bond acceptors (Lipinski definition) is 2. The molecule has 1 aromatic carbocycles. The van der Waals surface area contributed by atoms with Crippen molar-refractivity contribution in [3.63, 3.8) is 0 Å². The van der Waals surface area contributed by atoms with Crippen LogP contribution in [0.1, 0.15) is 42.9 Å². The molecule has 2 unspecified atom stereocenters. The predicted molar refractivity (Wildman–Crippen MR) is 75.7 cm³/mol. The Morgan fingerprint density at radius 2 is 1.95 bits per heavy atom. The number of alkyl halides is 3. The zero-order chi connectivity index (χ0) is 15.0. The Bertz CT molecular complexity index is 497. The van der Waals surface area contributed by atoms with Crippen LogP contribution < -0.4 is 5.73 Å². The summed E-state index contributed by atoms with van der Waals surface area (Å²) in [4.78, 5) is 2.39. The summed E-state index contributed by atoms with van der Waals surface area (Å²) >= 11 is 0. The van der Waals surface area contributed by atoms with Crippen LogP contribution in [-0.4, -0.2) is 24.0 Å². The SMILES string of the molecule is NCC1CCCN(C2CC2)C1c1cccc(C(F)(F)F)c1. The van der Waals surface area contributed by atoms with E-state index >= 15 is 0 Å². The fourth-order valence-corrected chi connectivity index (χ4v) is 3.53. The lowest BCUT2D eigenvalue weighted by Crippen LogP contribution is -2.42. The van der Waals surface area contributed by atoms with Gasteiger partial charge < -0.3 is 5.73 Å². The third-order valence-corrected chi connectivity index (χ3v) is 4.67. The maximum Gasteiger partial charge on any atom is 0.416 e. The van der Waals surface area contributed by atoms with E-state index in [0.29, 0.717) is 12.6 Å². The van der Waals surface area contributed by atoms with Crippen LogP contribution in [0.25, 0.3) is 0 Å². The molecule has 0 amide bonds. The fraction of sp³-hybridized carbons (Fsp3) is 0.625. The molecule has 2 nitrogen and oxygen atoms in total. The molecule has 2 N–H and O–H groups in total. The zero-order valence-electron chi connectivity index (χ0n) is 11.9. The molecule has 1 aromatic rings. The highest BCUT2D eigenvalue weighted by Crippen LogP contribution is 2.43. The second kappa shape index (κ2) is 5.61. The molecule has 2 fully saturated rings. The molecule has 0 bridgehead atoms. The third kappa shape index (κ3) is 3.09. The van der Waals surface area contributed by atoms with Crippen LogP contribution in [0.4, 0.5) is 13.2 Å². The number of piperidine rings is 1. The van der Waals surface area contributed by atoms with Gasteiger partial charge in [-0.15, -0.1) is 0 Å². The molecule has 1 heterocycles. The second-order valence-corrected chi connectivity index (χ2v) is 6.18. The summed E-state index contributed by atoms with van der Waals surface area (Å²) < 4.78 is 38.8. The smallest absolute Gasteiger partial charge is 0.330 e. The molecule has 2 atom stereocenters. The summed E-state index contributed by atoms with van der Waals surface area (Å²) in [6, 6.07) is 6.38. The van der Waals surface area contributed by atoms with E-state index in [1.165, 1.54) is 12.1 Å². The van der Waals surface area contributed by atoms with Gasteiger partial charge >= 0.3 is 6.18 Å². The average Bonchev–Trinajstić information content (AvgIpc) is 3.30. The summed E-state index contributed by atoms with van der Waals surface area (Å²) in [6.07, 6.45) is 0.126. The molecular formula is C16H21F3N2. The van der Waals surface area contributed by atoms with Crippen LogP contribution in [0.15, 0.2) is 24.3 Å². The van der Waals surface area contributed by atoms with Crippen molar-refractivity contribution < 1.29 is 13.2 Å². The van der Waals surface area contributed by atoms with Crippen LogP contribution in [0.5, 0.6) is 0 Å². The molecule has 0 aromatic heterocycles. The summed E-state index contributed by atoms with van der Waals surface area (Å²) in [6.45, 7) is 1.51. The van der Waals surface area contributed by atoms with Gasteiger partial charge in [0.05, 0.1) is 5.56 Å². The van der Waals surface area contributed by atoms with E-state index < -0.39 is 11.7 Å². The lowest BCUT2D eigenvalue weighted by Gasteiger charge is -2.42. The second-order valence-electron chi connectivity index (χ2n) is 6.18. The Kier molecular flexibility index (Phi) is 3.97.